The number of nitrogens with zero attached hydrogens (tertiary/aromatic N) is 2. The lowest BCUT2D eigenvalue weighted by molar-refractivity contribution is -0.126. The van der Waals surface area contributed by atoms with Gasteiger partial charge in [-0.15, -0.1) is 11.7 Å². The van der Waals surface area contributed by atoms with Crippen LogP contribution in [0.2, 0.25) is 0 Å². The SMILES string of the molecule is Cc1cnc(CNC(=O)C(CCCCC(C)C)C(C)(C)SS)cn1. The Bertz CT molecular complexity index is 503. The Hall–Kier alpha value is -0.750. The molecule has 0 radical (unpaired) electrons. The number of hydrogen-bond acceptors (Lipinski definition) is 5. The molecule has 1 amide bonds. The van der Waals surface area contributed by atoms with Gasteiger partial charge in [0.2, 0.25) is 5.91 Å². The van der Waals surface area contributed by atoms with Crippen LogP contribution in [0, 0.1) is 18.8 Å². The smallest absolute Gasteiger partial charge is 0.224 e. The van der Waals surface area contributed by atoms with Crippen LogP contribution in [0.5, 0.6) is 0 Å². The Balaban J connectivity index is 2.60. The zero-order valence-electron chi connectivity index (χ0n) is 15.5. The summed E-state index contributed by atoms with van der Waals surface area (Å²) in [5.74, 6) is 0.726. The van der Waals surface area contributed by atoms with E-state index < -0.39 is 0 Å². The highest BCUT2D eigenvalue weighted by atomic mass is 33.1. The molecule has 0 bridgehead atoms. The van der Waals surface area contributed by atoms with E-state index >= 15 is 0 Å². The number of carbonyl (C=O) groups is 1. The van der Waals surface area contributed by atoms with Gasteiger partial charge in [-0.25, -0.2) is 0 Å². The van der Waals surface area contributed by atoms with E-state index in [-0.39, 0.29) is 16.6 Å². The third-order valence-electron chi connectivity index (χ3n) is 4.19. The molecule has 1 rings (SSSR count). The van der Waals surface area contributed by atoms with Crippen molar-refractivity contribution in [2.45, 2.75) is 71.6 Å². The monoisotopic (exact) mass is 369 g/mol. The first-order chi connectivity index (χ1) is 11.3. The van der Waals surface area contributed by atoms with Crippen molar-refractivity contribution < 1.29 is 4.79 Å². The van der Waals surface area contributed by atoms with Crippen LogP contribution in [0.15, 0.2) is 12.4 Å². The van der Waals surface area contributed by atoms with Crippen molar-refractivity contribution in [1.82, 2.24) is 15.3 Å². The summed E-state index contributed by atoms with van der Waals surface area (Å²) >= 11 is 4.38. The van der Waals surface area contributed by atoms with Gasteiger partial charge in [0.05, 0.1) is 30.0 Å². The molecule has 6 heteroatoms. The molecule has 24 heavy (non-hydrogen) atoms. The first kappa shape index (κ1) is 21.3. The molecule has 1 N–H and O–H groups in total. The fourth-order valence-electron chi connectivity index (χ4n) is 2.57. The maximum Gasteiger partial charge on any atom is 0.224 e. The summed E-state index contributed by atoms with van der Waals surface area (Å²) in [6, 6.07) is 0. The Morgan fingerprint density at radius 1 is 1.25 bits per heavy atom. The Morgan fingerprint density at radius 3 is 2.46 bits per heavy atom. The first-order valence-corrected chi connectivity index (χ1v) is 10.5. The van der Waals surface area contributed by atoms with Crippen LogP contribution in [0.4, 0.5) is 0 Å². The Morgan fingerprint density at radius 2 is 1.92 bits per heavy atom. The molecule has 1 aromatic rings. The molecule has 0 aliphatic heterocycles. The van der Waals surface area contributed by atoms with Crippen LogP contribution in [0.1, 0.15) is 64.8 Å². The zero-order chi connectivity index (χ0) is 18.2. The topological polar surface area (TPSA) is 54.9 Å². The van der Waals surface area contributed by atoms with Crippen molar-refractivity contribution in [3.05, 3.63) is 23.8 Å². The minimum atomic E-state index is -0.204. The number of nitrogens with one attached hydrogen (secondary N) is 1. The lowest BCUT2D eigenvalue weighted by Crippen LogP contribution is -2.40. The van der Waals surface area contributed by atoms with Crippen LogP contribution in [0.3, 0.4) is 0 Å². The van der Waals surface area contributed by atoms with Crippen molar-refractivity contribution in [3.8, 4) is 0 Å². The van der Waals surface area contributed by atoms with E-state index in [1.54, 1.807) is 12.4 Å². The largest absolute Gasteiger partial charge is 0.350 e. The van der Waals surface area contributed by atoms with Gasteiger partial charge in [-0.1, -0.05) is 43.9 Å². The van der Waals surface area contributed by atoms with Crippen LogP contribution >= 0.6 is 22.5 Å². The third kappa shape index (κ3) is 7.43. The average molecular weight is 370 g/mol. The normalized spacial score (nSPS) is 13.1. The number of carbonyl (C=O) groups excluding carboxylic acids is 1. The number of amides is 1. The second-order valence-corrected chi connectivity index (χ2v) is 9.08. The molecule has 0 spiro atoms. The number of aromatic nitrogens is 2. The number of unbranched alkanes of at least 4 members (excludes halogenated alkanes) is 1. The second-order valence-electron chi connectivity index (χ2n) is 7.29. The molecular formula is C18H31N3OS2. The molecule has 1 atom stereocenters. The minimum absolute atomic E-state index is 0.0643. The van der Waals surface area contributed by atoms with E-state index in [1.165, 1.54) is 17.2 Å². The molecule has 0 aliphatic carbocycles. The molecule has 1 aromatic heterocycles. The van der Waals surface area contributed by atoms with Crippen LogP contribution in [-0.4, -0.2) is 20.6 Å². The first-order valence-electron chi connectivity index (χ1n) is 8.64. The second kappa shape index (κ2) is 10.3. The van der Waals surface area contributed by atoms with E-state index in [0.717, 1.165) is 30.7 Å². The standard InChI is InChI=1S/C18H31N3OS2/c1-13(2)8-6-7-9-16(18(4,5)24-23)17(22)21-12-15-11-19-14(3)10-20-15/h10-11,13,16,23H,6-9,12H2,1-5H3,(H,21,22). The molecule has 0 saturated carbocycles. The van der Waals surface area contributed by atoms with Crippen LogP contribution in [0.25, 0.3) is 0 Å². The molecule has 4 nitrogen and oxygen atoms in total. The maximum atomic E-state index is 12.7. The van der Waals surface area contributed by atoms with Gasteiger partial charge in [-0.05, 0) is 33.1 Å². The lowest BCUT2D eigenvalue weighted by Gasteiger charge is -2.31. The molecule has 0 aromatic carbocycles. The molecule has 1 unspecified atom stereocenters. The highest BCUT2D eigenvalue weighted by molar-refractivity contribution is 8.69. The van der Waals surface area contributed by atoms with Gasteiger partial charge in [0.1, 0.15) is 0 Å². The number of thiol groups is 1. The van der Waals surface area contributed by atoms with Gasteiger partial charge in [0.15, 0.2) is 0 Å². The Labute approximate surface area is 155 Å². The maximum absolute atomic E-state index is 12.7. The highest BCUT2D eigenvalue weighted by Gasteiger charge is 2.34. The summed E-state index contributed by atoms with van der Waals surface area (Å²) in [6.07, 6.45) is 7.77. The van der Waals surface area contributed by atoms with Gasteiger partial charge < -0.3 is 5.32 Å². The minimum Gasteiger partial charge on any atom is -0.350 e. The van der Waals surface area contributed by atoms with Gasteiger partial charge in [0.25, 0.3) is 0 Å². The van der Waals surface area contributed by atoms with Crippen LogP contribution in [-0.2, 0) is 11.3 Å². The summed E-state index contributed by atoms with van der Waals surface area (Å²) < 4.78 is -0.204. The van der Waals surface area contributed by atoms with E-state index in [0.29, 0.717) is 12.5 Å². The van der Waals surface area contributed by atoms with Crippen molar-refractivity contribution in [3.63, 3.8) is 0 Å². The van der Waals surface area contributed by atoms with Gasteiger partial charge in [-0.2, -0.15) is 0 Å². The van der Waals surface area contributed by atoms with E-state index in [9.17, 15) is 4.79 Å². The number of aryl methyl sites for hydroxylation is 1. The van der Waals surface area contributed by atoms with Gasteiger partial charge in [0, 0.05) is 10.9 Å². The quantitative estimate of drug-likeness (QED) is 0.360. The Kier molecular flexibility index (Phi) is 9.13. The summed E-state index contributed by atoms with van der Waals surface area (Å²) in [6.45, 7) is 11.0. The van der Waals surface area contributed by atoms with E-state index in [2.05, 4.69) is 54.6 Å². The summed E-state index contributed by atoms with van der Waals surface area (Å²) in [7, 11) is 1.46. The summed E-state index contributed by atoms with van der Waals surface area (Å²) in [5.41, 5.74) is 1.66. The molecule has 136 valence electrons. The van der Waals surface area contributed by atoms with Crippen LogP contribution < -0.4 is 5.32 Å². The van der Waals surface area contributed by atoms with Crippen molar-refractivity contribution >= 4 is 28.4 Å². The predicted octanol–water partition coefficient (Wildman–Crippen LogP) is 4.59. The lowest BCUT2D eigenvalue weighted by atomic mass is 9.88. The number of rotatable bonds is 10. The van der Waals surface area contributed by atoms with E-state index in [1.807, 2.05) is 6.92 Å². The summed E-state index contributed by atoms with van der Waals surface area (Å²) in [5, 5.41) is 3.02. The molecule has 0 saturated heterocycles. The fourth-order valence-corrected chi connectivity index (χ4v) is 3.30. The molecular weight excluding hydrogens is 338 g/mol. The zero-order valence-corrected chi connectivity index (χ0v) is 17.2. The molecule has 0 fully saturated rings. The van der Waals surface area contributed by atoms with Crippen molar-refractivity contribution in [2.24, 2.45) is 11.8 Å². The fraction of sp³-hybridized carbons (Fsp3) is 0.722. The average Bonchev–Trinajstić information content (AvgIpc) is 2.53. The third-order valence-corrected chi connectivity index (χ3v) is 6.36. The van der Waals surface area contributed by atoms with Crippen molar-refractivity contribution in [1.29, 1.82) is 0 Å². The highest BCUT2D eigenvalue weighted by Crippen LogP contribution is 2.38. The molecule has 0 aliphatic rings. The van der Waals surface area contributed by atoms with Gasteiger partial charge in [-0.3, -0.25) is 14.8 Å². The summed E-state index contributed by atoms with van der Waals surface area (Å²) in [4.78, 5) is 21.2. The predicted molar refractivity (Wildman–Crippen MR) is 106 cm³/mol. The van der Waals surface area contributed by atoms with Crippen molar-refractivity contribution in [2.75, 3.05) is 0 Å². The van der Waals surface area contributed by atoms with Gasteiger partial charge >= 0.3 is 0 Å². The molecule has 1 heterocycles. The van der Waals surface area contributed by atoms with E-state index in [4.69, 9.17) is 0 Å². The number of hydrogen-bond donors (Lipinski definition) is 2.